The Bertz CT molecular complexity index is 1040. The standard InChI is InChI=1S/C26H39FN8O2/c1-29-24(33-28)20-15-21(25(36)30-12-14-34(2)3)17-23(16-20)32-26(37)31-11-5-6-13-35(4)18-19-7-9-22(27)10-8-19/h7-10,15-17H,5-6,11-14,18,28H2,1-4H3,(H,29,33)(H,30,36)(H2,31,32,37). The Kier molecular flexibility index (Phi) is 12.5. The molecule has 2 rings (SSSR count). The lowest BCUT2D eigenvalue weighted by atomic mass is 10.1. The number of halogens is 1. The minimum atomic E-state index is -0.369. The normalized spacial score (nSPS) is 11.5. The highest BCUT2D eigenvalue weighted by atomic mass is 19.1. The molecular weight excluding hydrogens is 475 g/mol. The Morgan fingerprint density at radius 3 is 2.30 bits per heavy atom. The van der Waals surface area contributed by atoms with Crippen LogP contribution in [0.1, 0.15) is 34.3 Å². The van der Waals surface area contributed by atoms with Crippen molar-refractivity contribution in [3.05, 3.63) is 65.0 Å². The van der Waals surface area contributed by atoms with Gasteiger partial charge in [-0.1, -0.05) is 12.1 Å². The van der Waals surface area contributed by atoms with E-state index in [1.165, 1.54) is 12.1 Å². The highest BCUT2D eigenvalue weighted by Crippen LogP contribution is 2.16. The van der Waals surface area contributed by atoms with E-state index in [-0.39, 0.29) is 17.8 Å². The summed E-state index contributed by atoms with van der Waals surface area (Å²) in [5.74, 6) is 5.45. The number of aliphatic imine (C=N–C) groups is 1. The molecule has 37 heavy (non-hydrogen) atoms. The molecule has 0 unspecified atom stereocenters. The van der Waals surface area contributed by atoms with Crippen molar-refractivity contribution in [3.63, 3.8) is 0 Å². The number of nitrogens with two attached hydrogens (primary N) is 1. The first-order valence-corrected chi connectivity index (χ1v) is 12.2. The van der Waals surface area contributed by atoms with Crippen LogP contribution in [-0.2, 0) is 6.54 Å². The minimum absolute atomic E-state index is 0.239. The fourth-order valence-electron chi connectivity index (χ4n) is 3.60. The maximum atomic E-state index is 13.0. The van der Waals surface area contributed by atoms with Gasteiger partial charge >= 0.3 is 6.03 Å². The zero-order chi connectivity index (χ0) is 27.2. The molecule has 0 aliphatic rings. The van der Waals surface area contributed by atoms with E-state index in [2.05, 4.69) is 31.3 Å². The Morgan fingerprint density at radius 1 is 0.946 bits per heavy atom. The third kappa shape index (κ3) is 10.9. The van der Waals surface area contributed by atoms with Crippen molar-refractivity contribution < 1.29 is 14.0 Å². The Morgan fingerprint density at radius 2 is 1.65 bits per heavy atom. The van der Waals surface area contributed by atoms with Crippen molar-refractivity contribution in [1.29, 1.82) is 0 Å². The molecule has 0 radical (unpaired) electrons. The Labute approximate surface area is 218 Å². The van der Waals surface area contributed by atoms with Crippen molar-refractivity contribution in [1.82, 2.24) is 25.9 Å². The highest BCUT2D eigenvalue weighted by molar-refractivity contribution is 6.04. The molecule has 3 amide bonds. The second kappa shape index (κ2) is 15.5. The molecule has 0 saturated heterocycles. The number of benzene rings is 2. The number of amidine groups is 1. The van der Waals surface area contributed by atoms with Gasteiger partial charge in [0.15, 0.2) is 0 Å². The summed E-state index contributed by atoms with van der Waals surface area (Å²) in [4.78, 5) is 33.4. The van der Waals surface area contributed by atoms with Crippen LogP contribution in [0, 0.1) is 5.82 Å². The van der Waals surface area contributed by atoms with Crippen molar-refractivity contribution in [2.24, 2.45) is 10.8 Å². The Hall–Kier alpha value is -3.54. The van der Waals surface area contributed by atoms with Gasteiger partial charge in [-0.25, -0.2) is 15.0 Å². The van der Waals surface area contributed by atoms with Crippen LogP contribution >= 0.6 is 0 Å². The molecule has 2 aromatic rings. The number of hydrogen-bond donors (Lipinski definition) is 5. The summed E-state index contributed by atoms with van der Waals surface area (Å²) < 4.78 is 13.0. The summed E-state index contributed by atoms with van der Waals surface area (Å²) in [7, 11) is 7.44. The first-order chi connectivity index (χ1) is 17.7. The smallest absolute Gasteiger partial charge is 0.319 e. The Balaban J connectivity index is 1.87. The number of carbonyl (C=O) groups excluding carboxylic acids is 2. The summed E-state index contributed by atoms with van der Waals surface area (Å²) in [6.07, 6.45) is 1.69. The number of unbranched alkanes of at least 4 members (excludes halogenated alkanes) is 1. The molecule has 0 fully saturated rings. The molecule has 2 aromatic carbocycles. The van der Waals surface area contributed by atoms with E-state index in [0.29, 0.717) is 42.3 Å². The number of amides is 3. The van der Waals surface area contributed by atoms with Gasteiger partial charge in [0, 0.05) is 50.0 Å². The number of carbonyl (C=O) groups is 2. The third-order valence-electron chi connectivity index (χ3n) is 5.55. The van der Waals surface area contributed by atoms with Crippen molar-refractivity contribution >= 4 is 23.5 Å². The summed E-state index contributed by atoms with van der Waals surface area (Å²) in [5.41, 5.74) is 4.96. The second-order valence-electron chi connectivity index (χ2n) is 9.03. The van der Waals surface area contributed by atoms with Gasteiger partial charge in [0.2, 0.25) is 0 Å². The van der Waals surface area contributed by atoms with E-state index in [9.17, 15) is 14.0 Å². The fourth-order valence-corrected chi connectivity index (χ4v) is 3.60. The lowest BCUT2D eigenvalue weighted by Crippen LogP contribution is -2.33. The lowest BCUT2D eigenvalue weighted by molar-refractivity contribution is 0.0951. The van der Waals surface area contributed by atoms with Gasteiger partial charge in [-0.2, -0.15) is 0 Å². The molecule has 0 saturated carbocycles. The number of rotatable bonds is 13. The molecule has 6 N–H and O–H groups in total. The highest BCUT2D eigenvalue weighted by Gasteiger charge is 2.13. The SMILES string of the molecule is CN=C(NN)c1cc(NC(=O)NCCCCN(C)Cc2ccc(F)cc2)cc(C(=O)NCCN(C)C)c1. The summed E-state index contributed by atoms with van der Waals surface area (Å²) >= 11 is 0. The molecule has 0 aliphatic carbocycles. The van der Waals surface area contributed by atoms with E-state index in [1.807, 2.05) is 26.0 Å². The van der Waals surface area contributed by atoms with Gasteiger partial charge in [-0.3, -0.25) is 9.79 Å². The number of hydrazine groups is 1. The van der Waals surface area contributed by atoms with Gasteiger partial charge in [0.05, 0.1) is 0 Å². The molecule has 0 atom stereocenters. The maximum absolute atomic E-state index is 13.0. The van der Waals surface area contributed by atoms with Crippen LogP contribution < -0.4 is 27.2 Å². The third-order valence-corrected chi connectivity index (χ3v) is 5.55. The molecule has 0 aromatic heterocycles. The average molecular weight is 515 g/mol. The average Bonchev–Trinajstić information content (AvgIpc) is 2.85. The molecule has 0 spiro atoms. The molecule has 202 valence electrons. The van der Waals surface area contributed by atoms with E-state index in [1.54, 1.807) is 37.4 Å². The van der Waals surface area contributed by atoms with Crippen LogP contribution in [0.25, 0.3) is 0 Å². The predicted octanol–water partition coefficient (Wildman–Crippen LogP) is 1.99. The summed E-state index contributed by atoms with van der Waals surface area (Å²) in [6.45, 7) is 3.27. The predicted molar refractivity (Wildman–Crippen MR) is 146 cm³/mol. The van der Waals surface area contributed by atoms with Crippen LogP contribution in [0.2, 0.25) is 0 Å². The zero-order valence-corrected chi connectivity index (χ0v) is 22.1. The molecule has 11 heteroatoms. The summed E-state index contributed by atoms with van der Waals surface area (Å²) in [6, 6.07) is 11.1. The monoisotopic (exact) mass is 514 g/mol. The number of anilines is 1. The minimum Gasteiger partial charge on any atom is -0.351 e. The van der Waals surface area contributed by atoms with Crippen molar-refractivity contribution in [3.8, 4) is 0 Å². The topological polar surface area (TPSA) is 127 Å². The van der Waals surface area contributed by atoms with Crippen LogP contribution in [0.4, 0.5) is 14.9 Å². The summed E-state index contributed by atoms with van der Waals surface area (Å²) in [5, 5.41) is 8.50. The van der Waals surface area contributed by atoms with Crippen LogP contribution in [0.3, 0.4) is 0 Å². The van der Waals surface area contributed by atoms with E-state index in [0.717, 1.165) is 31.5 Å². The van der Waals surface area contributed by atoms with Gasteiger partial charge < -0.3 is 31.2 Å². The number of nitrogens with one attached hydrogen (secondary N) is 4. The van der Waals surface area contributed by atoms with E-state index >= 15 is 0 Å². The van der Waals surface area contributed by atoms with Gasteiger partial charge in [-0.15, -0.1) is 0 Å². The number of urea groups is 1. The van der Waals surface area contributed by atoms with Gasteiger partial charge in [0.1, 0.15) is 11.7 Å². The first kappa shape index (κ1) is 29.7. The van der Waals surface area contributed by atoms with Crippen molar-refractivity contribution in [2.45, 2.75) is 19.4 Å². The second-order valence-corrected chi connectivity index (χ2v) is 9.03. The van der Waals surface area contributed by atoms with Crippen LogP contribution in [0.15, 0.2) is 47.5 Å². The van der Waals surface area contributed by atoms with Gasteiger partial charge in [-0.05, 0) is 76.4 Å². The lowest BCUT2D eigenvalue weighted by Gasteiger charge is -2.17. The van der Waals surface area contributed by atoms with E-state index in [4.69, 9.17) is 5.84 Å². The number of hydrogen-bond acceptors (Lipinski definition) is 6. The van der Waals surface area contributed by atoms with Crippen LogP contribution in [0.5, 0.6) is 0 Å². The number of nitrogens with zero attached hydrogens (tertiary/aromatic N) is 3. The van der Waals surface area contributed by atoms with Gasteiger partial charge in [0.25, 0.3) is 5.91 Å². The molecular formula is C26H39FN8O2. The van der Waals surface area contributed by atoms with Crippen molar-refractivity contribution in [2.75, 3.05) is 59.7 Å². The quantitative estimate of drug-likeness (QED) is 0.0915. The molecule has 0 aliphatic heterocycles. The molecule has 0 heterocycles. The zero-order valence-electron chi connectivity index (χ0n) is 22.1. The maximum Gasteiger partial charge on any atom is 0.319 e. The molecule has 0 bridgehead atoms. The molecule has 10 nitrogen and oxygen atoms in total. The first-order valence-electron chi connectivity index (χ1n) is 12.2. The largest absolute Gasteiger partial charge is 0.351 e. The fraction of sp³-hybridized carbons (Fsp3) is 0.423. The number of likely N-dealkylation sites (N-methyl/N-ethyl adjacent to an activating group) is 1. The van der Waals surface area contributed by atoms with Crippen LogP contribution in [-0.4, -0.2) is 81.9 Å². The van der Waals surface area contributed by atoms with E-state index < -0.39 is 0 Å².